The van der Waals surface area contributed by atoms with Gasteiger partial charge in [-0.15, -0.1) is 5.10 Å². The van der Waals surface area contributed by atoms with Gasteiger partial charge in [-0.3, -0.25) is 4.79 Å². The highest BCUT2D eigenvalue weighted by Gasteiger charge is 2.20. The second kappa shape index (κ2) is 9.36. The Hall–Kier alpha value is -3.18. The van der Waals surface area contributed by atoms with Crippen LogP contribution < -0.4 is 20.3 Å². The molecule has 9 nitrogen and oxygen atoms in total. The van der Waals surface area contributed by atoms with Gasteiger partial charge < -0.3 is 24.3 Å². The fraction of sp³-hybridized carbons (Fsp3) is 0.455. The van der Waals surface area contributed by atoms with Gasteiger partial charge in [-0.2, -0.15) is 5.10 Å². The van der Waals surface area contributed by atoms with Crippen LogP contribution in [-0.4, -0.2) is 63.5 Å². The van der Waals surface area contributed by atoms with Crippen molar-refractivity contribution in [3.05, 3.63) is 52.1 Å². The first kappa shape index (κ1) is 21.7. The zero-order valence-corrected chi connectivity index (χ0v) is 18.0. The third-order valence-corrected chi connectivity index (χ3v) is 6.05. The van der Waals surface area contributed by atoms with Crippen molar-refractivity contribution in [2.75, 3.05) is 32.8 Å². The van der Waals surface area contributed by atoms with Crippen molar-refractivity contribution in [1.82, 2.24) is 30.0 Å². The maximum atomic E-state index is 13.7. The van der Waals surface area contributed by atoms with Crippen LogP contribution in [0.15, 0.2) is 29.2 Å². The molecular formula is C22H24F2N6O3. The Morgan fingerprint density at radius 3 is 2.67 bits per heavy atom. The number of halogens is 2. The molecule has 1 aromatic carbocycles. The first-order chi connectivity index (χ1) is 16.1. The number of nitrogens with zero attached hydrogens (tertiary/aromatic N) is 5. The Balaban J connectivity index is 1.14. The summed E-state index contributed by atoms with van der Waals surface area (Å²) in [6, 6.07) is 4.26. The van der Waals surface area contributed by atoms with Crippen molar-refractivity contribution in [3.8, 4) is 11.6 Å². The van der Waals surface area contributed by atoms with E-state index in [-0.39, 0.29) is 11.1 Å². The summed E-state index contributed by atoms with van der Waals surface area (Å²) in [7, 11) is 0. The fourth-order valence-electron chi connectivity index (χ4n) is 4.22. The highest BCUT2D eigenvalue weighted by molar-refractivity contribution is 5.74. The summed E-state index contributed by atoms with van der Waals surface area (Å²) in [5.74, 6) is -0.896. The SMILES string of the molecule is O=c1cnc2cc(F)c(F)cc2n1CCN1CCC(NCc2cc3c(nn2)OCCO3)CC1. The Bertz CT molecular complexity index is 1210. The second-order valence-electron chi connectivity index (χ2n) is 8.20. The molecule has 1 saturated heterocycles. The van der Waals surface area contributed by atoms with Crippen LogP contribution in [0.25, 0.3) is 11.0 Å². The number of ether oxygens (including phenoxy) is 2. The molecule has 174 valence electrons. The number of aromatic nitrogens is 4. The average Bonchev–Trinajstić information content (AvgIpc) is 2.84. The number of nitrogens with one attached hydrogen (secondary N) is 1. The van der Waals surface area contributed by atoms with Crippen molar-refractivity contribution < 1.29 is 18.3 Å². The topological polar surface area (TPSA) is 94.4 Å². The standard InChI is InChI=1S/C22H24F2N6O3/c23-16-10-18-19(11-17(16)24)30(21(31)13-26-18)6-5-29-3-1-14(2-4-29)25-12-15-9-20-22(28-27-15)33-8-7-32-20/h9-11,13-14,25H,1-8,12H2. The van der Waals surface area contributed by atoms with Crippen molar-refractivity contribution >= 4 is 11.0 Å². The second-order valence-corrected chi connectivity index (χ2v) is 8.20. The predicted octanol–water partition coefficient (Wildman–Crippen LogP) is 1.49. The number of hydrogen-bond acceptors (Lipinski definition) is 8. The van der Waals surface area contributed by atoms with Crippen LogP contribution >= 0.6 is 0 Å². The average molecular weight is 458 g/mol. The molecule has 11 heteroatoms. The summed E-state index contributed by atoms with van der Waals surface area (Å²) >= 11 is 0. The monoisotopic (exact) mass is 458 g/mol. The molecular weight excluding hydrogens is 434 g/mol. The van der Waals surface area contributed by atoms with E-state index in [1.165, 1.54) is 4.57 Å². The molecule has 0 bridgehead atoms. The maximum Gasteiger partial charge on any atom is 0.276 e. The van der Waals surface area contributed by atoms with Crippen LogP contribution in [0.4, 0.5) is 8.78 Å². The number of rotatable bonds is 6. The van der Waals surface area contributed by atoms with Gasteiger partial charge in [-0.05, 0) is 25.9 Å². The van der Waals surface area contributed by atoms with E-state index < -0.39 is 11.6 Å². The van der Waals surface area contributed by atoms with Crippen LogP contribution in [0.5, 0.6) is 11.6 Å². The first-order valence-corrected chi connectivity index (χ1v) is 11.0. The molecule has 0 radical (unpaired) electrons. The largest absolute Gasteiger partial charge is 0.484 e. The molecule has 2 aliphatic rings. The predicted molar refractivity (Wildman–Crippen MR) is 115 cm³/mol. The molecule has 4 heterocycles. The number of likely N-dealkylation sites (tertiary alicyclic amines) is 1. The minimum atomic E-state index is -0.988. The lowest BCUT2D eigenvalue weighted by molar-refractivity contribution is 0.161. The zero-order chi connectivity index (χ0) is 22.8. The summed E-state index contributed by atoms with van der Waals surface area (Å²) in [5.41, 5.74) is 1.04. The smallest absolute Gasteiger partial charge is 0.276 e. The van der Waals surface area contributed by atoms with E-state index >= 15 is 0 Å². The fourth-order valence-corrected chi connectivity index (χ4v) is 4.22. The van der Waals surface area contributed by atoms with E-state index in [1.807, 2.05) is 6.07 Å². The summed E-state index contributed by atoms with van der Waals surface area (Å²) in [5, 5.41) is 11.8. The third kappa shape index (κ3) is 4.79. The van der Waals surface area contributed by atoms with E-state index in [1.54, 1.807) is 0 Å². The molecule has 0 unspecified atom stereocenters. The molecule has 0 atom stereocenters. The van der Waals surface area contributed by atoms with Gasteiger partial charge in [0.05, 0.1) is 22.9 Å². The maximum absolute atomic E-state index is 13.7. The van der Waals surface area contributed by atoms with E-state index in [4.69, 9.17) is 9.47 Å². The van der Waals surface area contributed by atoms with Crippen LogP contribution in [0, 0.1) is 11.6 Å². The normalized spacial score (nSPS) is 16.9. The van der Waals surface area contributed by atoms with E-state index in [9.17, 15) is 13.6 Å². The van der Waals surface area contributed by atoms with Crippen LogP contribution in [-0.2, 0) is 13.1 Å². The minimum absolute atomic E-state index is 0.263. The molecule has 0 spiro atoms. The molecule has 2 aliphatic heterocycles. The Kier molecular flexibility index (Phi) is 6.14. The summed E-state index contributed by atoms with van der Waals surface area (Å²) in [4.78, 5) is 18.5. The van der Waals surface area contributed by atoms with Crippen LogP contribution in [0.3, 0.4) is 0 Å². The molecule has 1 N–H and O–H groups in total. The first-order valence-electron chi connectivity index (χ1n) is 11.0. The summed E-state index contributed by atoms with van der Waals surface area (Å²) in [6.07, 6.45) is 3.05. The van der Waals surface area contributed by atoms with Gasteiger partial charge in [0, 0.05) is 43.9 Å². The Morgan fingerprint density at radius 2 is 1.82 bits per heavy atom. The van der Waals surface area contributed by atoms with Crippen molar-refractivity contribution in [2.45, 2.75) is 32.0 Å². The van der Waals surface area contributed by atoms with Gasteiger partial charge in [0.15, 0.2) is 17.4 Å². The van der Waals surface area contributed by atoms with Crippen LogP contribution in [0.2, 0.25) is 0 Å². The molecule has 3 aromatic rings. The Labute approximate surface area is 188 Å². The van der Waals surface area contributed by atoms with Gasteiger partial charge in [0.25, 0.3) is 11.4 Å². The van der Waals surface area contributed by atoms with E-state index in [0.717, 1.165) is 50.0 Å². The van der Waals surface area contributed by atoms with Gasteiger partial charge in [-0.25, -0.2) is 13.8 Å². The van der Waals surface area contributed by atoms with Crippen LogP contribution in [0.1, 0.15) is 18.5 Å². The van der Waals surface area contributed by atoms with Crippen molar-refractivity contribution in [1.29, 1.82) is 0 Å². The molecule has 0 aliphatic carbocycles. The molecule has 5 rings (SSSR count). The zero-order valence-electron chi connectivity index (χ0n) is 18.0. The lowest BCUT2D eigenvalue weighted by Gasteiger charge is -2.32. The van der Waals surface area contributed by atoms with Gasteiger partial charge in [-0.1, -0.05) is 0 Å². The van der Waals surface area contributed by atoms with E-state index in [0.29, 0.717) is 56.0 Å². The van der Waals surface area contributed by atoms with Gasteiger partial charge in [0.1, 0.15) is 13.2 Å². The summed E-state index contributed by atoms with van der Waals surface area (Å²) < 4.78 is 39.6. The van der Waals surface area contributed by atoms with Crippen molar-refractivity contribution in [3.63, 3.8) is 0 Å². The molecule has 0 amide bonds. The summed E-state index contributed by atoms with van der Waals surface area (Å²) in [6.45, 7) is 4.34. The molecule has 2 aromatic heterocycles. The van der Waals surface area contributed by atoms with Gasteiger partial charge >= 0.3 is 0 Å². The molecule has 1 fully saturated rings. The van der Waals surface area contributed by atoms with Crippen molar-refractivity contribution in [2.24, 2.45) is 0 Å². The highest BCUT2D eigenvalue weighted by atomic mass is 19.2. The number of fused-ring (bicyclic) bond motifs is 2. The molecule has 33 heavy (non-hydrogen) atoms. The van der Waals surface area contributed by atoms with Gasteiger partial charge in [0.2, 0.25) is 0 Å². The van der Waals surface area contributed by atoms with E-state index in [2.05, 4.69) is 25.4 Å². The lowest BCUT2D eigenvalue weighted by Crippen LogP contribution is -2.43. The lowest BCUT2D eigenvalue weighted by atomic mass is 10.0. The Morgan fingerprint density at radius 1 is 1.03 bits per heavy atom. The molecule has 0 saturated carbocycles. The third-order valence-electron chi connectivity index (χ3n) is 6.05. The number of piperidine rings is 1. The number of benzene rings is 1. The number of hydrogen-bond donors (Lipinski definition) is 1. The minimum Gasteiger partial charge on any atom is -0.484 e. The highest BCUT2D eigenvalue weighted by Crippen LogP contribution is 2.26. The quantitative estimate of drug-likeness (QED) is 0.594.